The molecule has 3 fully saturated rings. The van der Waals surface area contributed by atoms with Crippen molar-refractivity contribution < 1.29 is 4.79 Å². The van der Waals surface area contributed by atoms with Crippen LogP contribution in [0.1, 0.15) is 52.9 Å². The first-order valence-corrected chi connectivity index (χ1v) is 7.03. The van der Waals surface area contributed by atoms with Crippen LogP contribution in [0.4, 0.5) is 0 Å². The molecule has 0 aliphatic heterocycles. The molecule has 1 nitrogen and oxygen atoms in total. The molecule has 3 aliphatic carbocycles. The van der Waals surface area contributed by atoms with Gasteiger partial charge in [0, 0.05) is 5.92 Å². The second kappa shape index (κ2) is 3.34. The van der Waals surface area contributed by atoms with Crippen LogP contribution >= 0.6 is 0 Å². The van der Waals surface area contributed by atoms with Crippen molar-refractivity contribution in [2.45, 2.75) is 52.9 Å². The van der Waals surface area contributed by atoms with Crippen LogP contribution in [0.2, 0.25) is 0 Å². The minimum atomic E-state index is 0.434. The molecule has 3 rings (SSSR count). The van der Waals surface area contributed by atoms with Crippen LogP contribution in [0.5, 0.6) is 0 Å². The van der Waals surface area contributed by atoms with E-state index >= 15 is 0 Å². The molecular weight excluding hydrogens is 196 g/mol. The third-order valence-electron chi connectivity index (χ3n) is 5.96. The van der Waals surface area contributed by atoms with Gasteiger partial charge in [0.25, 0.3) is 0 Å². The molecule has 0 spiro atoms. The highest BCUT2D eigenvalue weighted by atomic mass is 16.1. The summed E-state index contributed by atoms with van der Waals surface area (Å²) in [5.74, 6) is 4.15. The van der Waals surface area contributed by atoms with Gasteiger partial charge in [0.2, 0.25) is 0 Å². The van der Waals surface area contributed by atoms with Crippen LogP contribution in [0.3, 0.4) is 0 Å². The first-order valence-electron chi connectivity index (χ1n) is 7.03. The molecule has 0 N–H and O–H groups in total. The SMILES string of the molecule is CC(=O)[C@H]1[C@H]2CC[C@H]3[C@@H]1CCCC(C)(C)[C@H]23. The molecule has 0 aromatic carbocycles. The molecule has 0 saturated heterocycles. The summed E-state index contributed by atoms with van der Waals surface area (Å²) in [5, 5.41) is 0. The molecule has 16 heavy (non-hydrogen) atoms. The van der Waals surface area contributed by atoms with Crippen LogP contribution in [-0.4, -0.2) is 5.78 Å². The third-order valence-corrected chi connectivity index (χ3v) is 5.96. The fraction of sp³-hybridized carbons (Fsp3) is 0.933. The topological polar surface area (TPSA) is 17.1 Å². The fourth-order valence-electron chi connectivity index (χ4n) is 5.64. The molecule has 4 bridgehead atoms. The van der Waals surface area contributed by atoms with Gasteiger partial charge in [-0.25, -0.2) is 0 Å². The average molecular weight is 220 g/mol. The lowest BCUT2D eigenvalue weighted by atomic mass is 9.69. The Bertz CT molecular complexity index is 317. The van der Waals surface area contributed by atoms with Crippen molar-refractivity contribution in [3.8, 4) is 0 Å². The molecule has 0 aromatic heterocycles. The Morgan fingerprint density at radius 3 is 2.44 bits per heavy atom. The lowest BCUT2D eigenvalue weighted by Gasteiger charge is -2.35. The summed E-state index contributed by atoms with van der Waals surface area (Å²) in [6.07, 6.45) is 6.80. The molecular formula is C15H24O. The molecule has 0 unspecified atom stereocenters. The van der Waals surface area contributed by atoms with Crippen LogP contribution in [-0.2, 0) is 4.79 Å². The maximum absolute atomic E-state index is 11.9. The molecule has 3 aliphatic rings. The Morgan fingerprint density at radius 1 is 1.06 bits per heavy atom. The second-order valence-electron chi connectivity index (χ2n) is 7.11. The number of rotatable bonds is 1. The molecule has 90 valence electrons. The van der Waals surface area contributed by atoms with Gasteiger partial charge < -0.3 is 0 Å². The highest BCUT2D eigenvalue weighted by Gasteiger charge is 2.60. The van der Waals surface area contributed by atoms with Crippen LogP contribution in [0.15, 0.2) is 0 Å². The quantitative estimate of drug-likeness (QED) is 0.659. The molecule has 0 heterocycles. The van der Waals surface area contributed by atoms with Crippen LogP contribution in [0, 0.1) is 35.0 Å². The van der Waals surface area contributed by atoms with Crippen LogP contribution < -0.4 is 0 Å². The van der Waals surface area contributed by atoms with Gasteiger partial charge in [-0.1, -0.05) is 20.3 Å². The normalized spacial score (nSPS) is 49.1. The van der Waals surface area contributed by atoms with E-state index in [9.17, 15) is 4.79 Å². The van der Waals surface area contributed by atoms with Crippen LogP contribution in [0.25, 0.3) is 0 Å². The predicted octanol–water partition coefficient (Wildman–Crippen LogP) is 3.67. The number of carbonyl (C=O) groups excluding carboxylic acids is 1. The Hall–Kier alpha value is -0.330. The molecule has 3 saturated carbocycles. The third kappa shape index (κ3) is 1.26. The van der Waals surface area contributed by atoms with Gasteiger partial charge in [-0.05, 0) is 61.7 Å². The molecule has 0 radical (unpaired) electrons. The van der Waals surface area contributed by atoms with E-state index in [0.29, 0.717) is 17.1 Å². The standard InChI is InChI=1S/C15H24O/c1-9(16)13-10-5-4-8-15(2,3)14-11(10)6-7-12(13)14/h10-14H,4-8H2,1-3H3/t10-,11-,12+,13+,14-/m0/s1. The summed E-state index contributed by atoms with van der Waals surface area (Å²) < 4.78 is 0. The van der Waals surface area contributed by atoms with Crippen molar-refractivity contribution in [1.29, 1.82) is 0 Å². The molecule has 0 aromatic rings. The number of carbonyl (C=O) groups is 1. The van der Waals surface area contributed by atoms with E-state index in [2.05, 4.69) is 13.8 Å². The zero-order chi connectivity index (χ0) is 11.5. The summed E-state index contributed by atoms with van der Waals surface area (Å²) >= 11 is 0. The predicted molar refractivity (Wildman–Crippen MR) is 65.0 cm³/mol. The van der Waals surface area contributed by atoms with E-state index in [-0.39, 0.29) is 0 Å². The smallest absolute Gasteiger partial charge is 0.133 e. The lowest BCUT2D eigenvalue weighted by molar-refractivity contribution is -0.124. The molecule has 5 atom stereocenters. The minimum Gasteiger partial charge on any atom is -0.300 e. The first kappa shape index (κ1) is 10.8. The van der Waals surface area contributed by atoms with Gasteiger partial charge >= 0.3 is 0 Å². The maximum Gasteiger partial charge on any atom is 0.133 e. The highest BCUT2D eigenvalue weighted by Crippen LogP contribution is 2.65. The van der Waals surface area contributed by atoms with Crippen molar-refractivity contribution in [1.82, 2.24) is 0 Å². The average Bonchev–Trinajstić information content (AvgIpc) is 2.67. The summed E-state index contributed by atoms with van der Waals surface area (Å²) in [6.45, 7) is 6.74. The first-order chi connectivity index (χ1) is 7.52. The van der Waals surface area contributed by atoms with Gasteiger partial charge in [0.05, 0.1) is 0 Å². The molecule has 1 heteroatoms. The van der Waals surface area contributed by atoms with Crippen molar-refractivity contribution in [3.05, 3.63) is 0 Å². The zero-order valence-electron chi connectivity index (χ0n) is 10.8. The van der Waals surface area contributed by atoms with Gasteiger partial charge in [0.1, 0.15) is 5.78 Å². The summed E-state index contributed by atoms with van der Waals surface area (Å²) in [7, 11) is 0. The number of Topliss-reactive ketones (excluding diaryl/α,β-unsaturated/α-hetero) is 1. The Balaban J connectivity index is 2.00. The van der Waals surface area contributed by atoms with E-state index in [1.54, 1.807) is 0 Å². The van der Waals surface area contributed by atoms with Crippen molar-refractivity contribution in [2.75, 3.05) is 0 Å². The van der Waals surface area contributed by atoms with E-state index in [0.717, 1.165) is 23.7 Å². The summed E-state index contributed by atoms with van der Waals surface area (Å²) in [6, 6.07) is 0. The second-order valence-corrected chi connectivity index (χ2v) is 7.11. The number of ketones is 1. The van der Waals surface area contributed by atoms with E-state index in [1.807, 2.05) is 6.92 Å². The van der Waals surface area contributed by atoms with E-state index in [4.69, 9.17) is 0 Å². The monoisotopic (exact) mass is 220 g/mol. The van der Waals surface area contributed by atoms with Gasteiger partial charge in [-0.2, -0.15) is 0 Å². The van der Waals surface area contributed by atoms with Gasteiger partial charge in [-0.15, -0.1) is 0 Å². The van der Waals surface area contributed by atoms with Crippen molar-refractivity contribution >= 4 is 5.78 Å². The lowest BCUT2D eigenvalue weighted by Crippen LogP contribution is -2.31. The number of hydrogen-bond acceptors (Lipinski definition) is 1. The highest BCUT2D eigenvalue weighted by molar-refractivity contribution is 5.79. The fourth-order valence-corrected chi connectivity index (χ4v) is 5.64. The van der Waals surface area contributed by atoms with Crippen molar-refractivity contribution in [3.63, 3.8) is 0 Å². The van der Waals surface area contributed by atoms with Gasteiger partial charge in [-0.3, -0.25) is 4.79 Å². The minimum absolute atomic E-state index is 0.434. The maximum atomic E-state index is 11.9. The zero-order valence-corrected chi connectivity index (χ0v) is 10.8. The van der Waals surface area contributed by atoms with Crippen molar-refractivity contribution in [2.24, 2.45) is 35.0 Å². The van der Waals surface area contributed by atoms with E-state index in [1.165, 1.54) is 32.1 Å². The molecule has 0 amide bonds. The van der Waals surface area contributed by atoms with E-state index < -0.39 is 0 Å². The Kier molecular flexibility index (Phi) is 2.25. The largest absolute Gasteiger partial charge is 0.300 e. The summed E-state index contributed by atoms with van der Waals surface area (Å²) in [4.78, 5) is 11.9. The summed E-state index contributed by atoms with van der Waals surface area (Å²) in [5.41, 5.74) is 0.491. The Morgan fingerprint density at radius 2 is 1.75 bits per heavy atom. The number of hydrogen-bond donors (Lipinski definition) is 0. The van der Waals surface area contributed by atoms with Gasteiger partial charge in [0.15, 0.2) is 0 Å². The Labute approximate surface area is 99.0 Å².